The Labute approximate surface area is 95.8 Å². The summed E-state index contributed by atoms with van der Waals surface area (Å²) < 4.78 is 5.50. The second-order valence-corrected chi connectivity index (χ2v) is 4.07. The molecule has 2 heterocycles. The quantitative estimate of drug-likeness (QED) is 0.810. The molecule has 0 bridgehead atoms. The van der Waals surface area contributed by atoms with Crippen molar-refractivity contribution in [3.63, 3.8) is 0 Å². The normalized spacial score (nSPS) is 20.9. The van der Waals surface area contributed by atoms with Crippen LogP contribution in [0.4, 0.5) is 11.8 Å². The van der Waals surface area contributed by atoms with Crippen molar-refractivity contribution in [1.29, 1.82) is 0 Å². The Balaban J connectivity index is 2.21. The van der Waals surface area contributed by atoms with E-state index in [1.54, 1.807) is 0 Å². The van der Waals surface area contributed by atoms with Crippen molar-refractivity contribution in [2.75, 3.05) is 37.0 Å². The van der Waals surface area contributed by atoms with Crippen LogP contribution >= 0.6 is 0 Å². The molecule has 0 unspecified atom stereocenters. The summed E-state index contributed by atoms with van der Waals surface area (Å²) >= 11 is 0. The molecule has 1 aliphatic heterocycles. The lowest BCUT2D eigenvalue weighted by Gasteiger charge is -2.31. The number of nitrogens with zero attached hydrogens (tertiary/aromatic N) is 3. The summed E-state index contributed by atoms with van der Waals surface area (Å²) in [6, 6.07) is 1.94. The Morgan fingerprint density at radius 3 is 3.00 bits per heavy atom. The zero-order valence-electron chi connectivity index (χ0n) is 10.0. The molecule has 0 saturated carbocycles. The van der Waals surface area contributed by atoms with Gasteiger partial charge in [0.15, 0.2) is 0 Å². The van der Waals surface area contributed by atoms with Crippen molar-refractivity contribution >= 4 is 11.8 Å². The second kappa shape index (κ2) is 4.65. The number of rotatable bonds is 2. The van der Waals surface area contributed by atoms with Crippen LogP contribution in [0.3, 0.4) is 0 Å². The lowest BCUT2D eigenvalue weighted by atomic mass is 10.3. The smallest absolute Gasteiger partial charge is 0.227 e. The van der Waals surface area contributed by atoms with Crippen molar-refractivity contribution in [3.8, 4) is 0 Å². The van der Waals surface area contributed by atoms with E-state index in [0.29, 0.717) is 0 Å². The molecule has 1 aliphatic rings. The largest absolute Gasteiger partial charge is 0.375 e. The first-order valence-electron chi connectivity index (χ1n) is 5.59. The van der Waals surface area contributed by atoms with Gasteiger partial charge in [-0.05, 0) is 13.8 Å². The summed E-state index contributed by atoms with van der Waals surface area (Å²) in [5, 5.41) is 3.05. The molecular weight excluding hydrogens is 204 g/mol. The van der Waals surface area contributed by atoms with Crippen LogP contribution in [-0.2, 0) is 4.74 Å². The van der Waals surface area contributed by atoms with Gasteiger partial charge in [-0.3, -0.25) is 0 Å². The van der Waals surface area contributed by atoms with Crippen LogP contribution in [0.2, 0.25) is 0 Å². The maximum Gasteiger partial charge on any atom is 0.227 e. The fraction of sp³-hybridized carbons (Fsp3) is 0.636. The number of aromatic nitrogens is 2. The molecule has 0 aromatic carbocycles. The standard InChI is InChI=1S/C11H18N4O/c1-8-6-10(12-3)14-11(13-8)15-4-5-16-9(2)7-15/h6,9H,4-5,7H2,1-3H3,(H,12,13,14)/t9-/m1/s1. The van der Waals surface area contributed by atoms with E-state index in [2.05, 4.69) is 27.1 Å². The third-order valence-electron chi connectivity index (χ3n) is 2.62. The lowest BCUT2D eigenvalue weighted by Crippen LogP contribution is -2.42. The maximum absolute atomic E-state index is 5.50. The van der Waals surface area contributed by atoms with Crippen LogP contribution in [0, 0.1) is 6.92 Å². The van der Waals surface area contributed by atoms with E-state index in [9.17, 15) is 0 Å². The highest BCUT2D eigenvalue weighted by molar-refractivity contribution is 5.43. The third-order valence-corrected chi connectivity index (χ3v) is 2.62. The van der Waals surface area contributed by atoms with E-state index < -0.39 is 0 Å². The molecule has 0 radical (unpaired) electrons. The summed E-state index contributed by atoms with van der Waals surface area (Å²) in [6.45, 7) is 6.51. The maximum atomic E-state index is 5.50. The molecular formula is C11H18N4O. The molecule has 1 aromatic heterocycles. The van der Waals surface area contributed by atoms with Crippen molar-refractivity contribution in [1.82, 2.24) is 9.97 Å². The molecule has 2 rings (SSSR count). The average Bonchev–Trinajstić information content (AvgIpc) is 2.28. The molecule has 1 aromatic rings. The monoisotopic (exact) mass is 222 g/mol. The van der Waals surface area contributed by atoms with Crippen LogP contribution < -0.4 is 10.2 Å². The molecule has 16 heavy (non-hydrogen) atoms. The van der Waals surface area contributed by atoms with Crippen LogP contribution in [0.1, 0.15) is 12.6 Å². The number of morpholine rings is 1. The topological polar surface area (TPSA) is 50.3 Å². The molecule has 0 spiro atoms. The van der Waals surface area contributed by atoms with Gasteiger partial charge in [-0.25, -0.2) is 4.98 Å². The third kappa shape index (κ3) is 2.41. The number of nitrogens with one attached hydrogen (secondary N) is 1. The van der Waals surface area contributed by atoms with E-state index in [4.69, 9.17) is 4.74 Å². The first kappa shape index (κ1) is 11.1. The second-order valence-electron chi connectivity index (χ2n) is 4.07. The van der Waals surface area contributed by atoms with Crippen molar-refractivity contribution in [2.45, 2.75) is 20.0 Å². The van der Waals surface area contributed by atoms with Gasteiger partial charge in [0.1, 0.15) is 5.82 Å². The molecule has 5 heteroatoms. The number of ether oxygens (including phenoxy) is 1. The first-order chi connectivity index (χ1) is 7.69. The summed E-state index contributed by atoms with van der Waals surface area (Å²) in [6.07, 6.45) is 0.246. The Morgan fingerprint density at radius 2 is 2.31 bits per heavy atom. The predicted molar refractivity (Wildman–Crippen MR) is 63.9 cm³/mol. The van der Waals surface area contributed by atoms with Crippen LogP contribution in [0.15, 0.2) is 6.07 Å². The summed E-state index contributed by atoms with van der Waals surface area (Å²) in [5.41, 5.74) is 0.980. The van der Waals surface area contributed by atoms with Crippen LogP contribution in [0.25, 0.3) is 0 Å². The van der Waals surface area contributed by atoms with Gasteiger partial charge in [0.05, 0.1) is 12.7 Å². The van der Waals surface area contributed by atoms with Crippen molar-refractivity contribution < 1.29 is 4.74 Å². The molecule has 0 aliphatic carbocycles. The Kier molecular flexibility index (Phi) is 3.24. The zero-order chi connectivity index (χ0) is 11.5. The van der Waals surface area contributed by atoms with Gasteiger partial charge in [-0.1, -0.05) is 0 Å². The van der Waals surface area contributed by atoms with Crippen molar-refractivity contribution in [3.05, 3.63) is 11.8 Å². The minimum absolute atomic E-state index is 0.246. The van der Waals surface area contributed by atoms with E-state index in [0.717, 1.165) is 37.2 Å². The van der Waals surface area contributed by atoms with E-state index >= 15 is 0 Å². The van der Waals surface area contributed by atoms with E-state index in [1.807, 2.05) is 20.0 Å². The summed E-state index contributed by atoms with van der Waals surface area (Å²) in [7, 11) is 1.87. The molecule has 5 nitrogen and oxygen atoms in total. The predicted octanol–water partition coefficient (Wildman–Crippen LogP) is 1.05. The Bertz CT molecular complexity index is 369. The molecule has 1 N–H and O–H groups in total. The number of hydrogen-bond donors (Lipinski definition) is 1. The molecule has 1 fully saturated rings. The lowest BCUT2D eigenvalue weighted by molar-refractivity contribution is 0.0526. The fourth-order valence-electron chi connectivity index (χ4n) is 1.82. The van der Waals surface area contributed by atoms with E-state index in [1.165, 1.54) is 0 Å². The average molecular weight is 222 g/mol. The molecule has 1 atom stereocenters. The highest BCUT2D eigenvalue weighted by Gasteiger charge is 2.19. The fourth-order valence-corrected chi connectivity index (χ4v) is 1.82. The molecule has 88 valence electrons. The zero-order valence-corrected chi connectivity index (χ0v) is 10.0. The number of hydrogen-bond acceptors (Lipinski definition) is 5. The van der Waals surface area contributed by atoms with Gasteiger partial charge in [-0.2, -0.15) is 4.98 Å². The highest BCUT2D eigenvalue weighted by atomic mass is 16.5. The van der Waals surface area contributed by atoms with Crippen LogP contribution in [0.5, 0.6) is 0 Å². The van der Waals surface area contributed by atoms with Gasteiger partial charge >= 0.3 is 0 Å². The van der Waals surface area contributed by atoms with Crippen molar-refractivity contribution in [2.24, 2.45) is 0 Å². The SMILES string of the molecule is CNc1cc(C)nc(N2CCO[C@H](C)C2)n1. The molecule has 0 amide bonds. The minimum Gasteiger partial charge on any atom is -0.375 e. The summed E-state index contributed by atoms with van der Waals surface area (Å²) in [4.78, 5) is 11.1. The minimum atomic E-state index is 0.246. The number of anilines is 2. The van der Waals surface area contributed by atoms with Gasteiger partial charge in [-0.15, -0.1) is 0 Å². The first-order valence-corrected chi connectivity index (χ1v) is 5.59. The van der Waals surface area contributed by atoms with Gasteiger partial charge in [0, 0.05) is 31.9 Å². The van der Waals surface area contributed by atoms with Crippen LogP contribution in [-0.4, -0.2) is 42.8 Å². The summed E-state index contributed by atoms with van der Waals surface area (Å²) in [5.74, 6) is 1.65. The Hall–Kier alpha value is -1.36. The highest BCUT2D eigenvalue weighted by Crippen LogP contribution is 2.16. The van der Waals surface area contributed by atoms with Gasteiger partial charge in [0.25, 0.3) is 0 Å². The van der Waals surface area contributed by atoms with E-state index in [-0.39, 0.29) is 6.10 Å². The Morgan fingerprint density at radius 1 is 1.50 bits per heavy atom. The van der Waals surface area contributed by atoms with Gasteiger partial charge in [0.2, 0.25) is 5.95 Å². The molecule has 1 saturated heterocycles. The van der Waals surface area contributed by atoms with Gasteiger partial charge < -0.3 is 15.0 Å². The number of aryl methyl sites for hydroxylation is 1.